The summed E-state index contributed by atoms with van der Waals surface area (Å²) in [5.74, 6) is 0.107. The zero-order chi connectivity index (χ0) is 12.5. The van der Waals surface area contributed by atoms with Gasteiger partial charge < -0.3 is 10.1 Å². The third-order valence-corrected chi connectivity index (χ3v) is 2.74. The number of carbonyl (C=O) groups is 1. The Hall–Kier alpha value is -1.35. The fourth-order valence-electron chi connectivity index (χ4n) is 1.71. The first-order valence-electron chi connectivity index (χ1n) is 6.04. The molecule has 3 heteroatoms. The topological polar surface area (TPSA) is 38.3 Å². The van der Waals surface area contributed by atoms with E-state index in [9.17, 15) is 4.79 Å². The van der Waals surface area contributed by atoms with Gasteiger partial charge in [0, 0.05) is 20.1 Å². The van der Waals surface area contributed by atoms with Crippen molar-refractivity contribution in [3.05, 3.63) is 35.4 Å². The van der Waals surface area contributed by atoms with Crippen LogP contribution < -0.4 is 5.32 Å². The molecule has 94 valence electrons. The number of benzene rings is 1. The summed E-state index contributed by atoms with van der Waals surface area (Å²) in [4.78, 5) is 11.4. The van der Waals surface area contributed by atoms with Crippen molar-refractivity contribution in [2.45, 2.75) is 26.2 Å². The third-order valence-electron chi connectivity index (χ3n) is 2.74. The van der Waals surface area contributed by atoms with E-state index in [2.05, 4.69) is 24.4 Å². The minimum atomic E-state index is 0.107. The second-order valence-electron chi connectivity index (χ2n) is 4.12. The first-order chi connectivity index (χ1) is 8.24. The lowest BCUT2D eigenvalue weighted by Crippen LogP contribution is -2.26. The van der Waals surface area contributed by atoms with Crippen molar-refractivity contribution in [3.63, 3.8) is 0 Å². The summed E-state index contributed by atoms with van der Waals surface area (Å²) in [7, 11) is 1.63. The van der Waals surface area contributed by atoms with Gasteiger partial charge in [0.1, 0.15) is 0 Å². The van der Waals surface area contributed by atoms with Crippen molar-refractivity contribution in [2.24, 2.45) is 0 Å². The molecule has 0 unspecified atom stereocenters. The molecule has 1 aromatic carbocycles. The molecule has 0 aliphatic carbocycles. The molecule has 1 N–H and O–H groups in total. The molecular formula is C14H21NO2. The molecule has 0 aliphatic rings. The Morgan fingerprint density at radius 1 is 1.35 bits per heavy atom. The maximum atomic E-state index is 11.4. The summed E-state index contributed by atoms with van der Waals surface area (Å²) in [6.07, 6.45) is 2.44. The van der Waals surface area contributed by atoms with Gasteiger partial charge in [-0.2, -0.15) is 0 Å². The van der Waals surface area contributed by atoms with E-state index in [-0.39, 0.29) is 5.91 Å². The molecule has 0 aliphatic heterocycles. The van der Waals surface area contributed by atoms with Crippen LogP contribution >= 0.6 is 0 Å². The lowest BCUT2D eigenvalue weighted by Gasteiger charge is -2.06. The van der Waals surface area contributed by atoms with Crippen LogP contribution in [0.15, 0.2) is 24.3 Å². The largest absolute Gasteiger partial charge is 0.383 e. The Morgan fingerprint density at radius 3 is 2.82 bits per heavy atom. The van der Waals surface area contributed by atoms with E-state index >= 15 is 0 Å². The van der Waals surface area contributed by atoms with Crippen LogP contribution in [0, 0.1) is 6.92 Å². The summed E-state index contributed by atoms with van der Waals surface area (Å²) in [6.45, 7) is 3.28. The summed E-state index contributed by atoms with van der Waals surface area (Å²) < 4.78 is 4.87. The van der Waals surface area contributed by atoms with Crippen LogP contribution in [0.4, 0.5) is 0 Å². The molecule has 0 saturated heterocycles. The van der Waals surface area contributed by atoms with Crippen LogP contribution in [0.1, 0.15) is 24.0 Å². The lowest BCUT2D eigenvalue weighted by molar-refractivity contribution is -0.121. The molecule has 0 radical (unpaired) electrons. The van der Waals surface area contributed by atoms with Gasteiger partial charge in [0.25, 0.3) is 0 Å². The third kappa shape index (κ3) is 5.50. The Kier molecular flexibility index (Phi) is 6.33. The van der Waals surface area contributed by atoms with E-state index in [0.717, 1.165) is 12.8 Å². The molecule has 0 heterocycles. The van der Waals surface area contributed by atoms with Gasteiger partial charge in [-0.3, -0.25) is 4.79 Å². The normalized spacial score (nSPS) is 10.2. The maximum absolute atomic E-state index is 11.4. The molecule has 0 bridgehead atoms. The molecule has 0 fully saturated rings. The predicted molar refractivity (Wildman–Crippen MR) is 69.0 cm³/mol. The smallest absolute Gasteiger partial charge is 0.220 e. The lowest BCUT2D eigenvalue weighted by atomic mass is 10.0. The van der Waals surface area contributed by atoms with Gasteiger partial charge in [0.05, 0.1) is 6.61 Å². The number of carbonyl (C=O) groups excluding carboxylic acids is 1. The molecule has 1 aromatic rings. The minimum Gasteiger partial charge on any atom is -0.383 e. The van der Waals surface area contributed by atoms with Crippen LogP contribution in [0.3, 0.4) is 0 Å². The van der Waals surface area contributed by atoms with E-state index in [4.69, 9.17) is 4.74 Å². The fraction of sp³-hybridized carbons (Fsp3) is 0.500. The molecule has 3 nitrogen and oxygen atoms in total. The highest BCUT2D eigenvalue weighted by Gasteiger charge is 2.02. The van der Waals surface area contributed by atoms with E-state index in [1.807, 2.05) is 12.1 Å². The molecular weight excluding hydrogens is 214 g/mol. The predicted octanol–water partition coefficient (Wildman–Crippen LogP) is 2.08. The molecule has 1 rings (SSSR count). The Labute approximate surface area is 103 Å². The fourth-order valence-corrected chi connectivity index (χ4v) is 1.71. The Bertz CT molecular complexity index is 350. The number of hydrogen-bond donors (Lipinski definition) is 1. The summed E-state index contributed by atoms with van der Waals surface area (Å²) in [6, 6.07) is 8.31. The second kappa shape index (κ2) is 7.85. The number of amides is 1. The summed E-state index contributed by atoms with van der Waals surface area (Å²) >= 11 is 0. The Balaban J connectivity index is 2.19. The van der Waals surface area contributed by atoms with Crippen molar-refractivity contribution in [1.82, 2.24) is 5.32 Å². The Morgan fingerprint density at radius 2 is 2.12 bits per heavy atom. The zero-order valence-corrected chi connectivity index (χ0v) is 10.7. The number of ether oxygens (including phenoxy) is 1. The molecule has 0 atom stereocenters. The van der Waals surface area contributed by atoms with Crippen molar-refractivity contribution < 1.29 is 9.53 Å². The molecule has 0 spiro atoms. The number of rotatable bonds is 7. The highest BCUT2D eigenvalue weighted by molar-refractivity contribution is 5.75. The number of aryl methyl sites for hydroxylation is 2. The van der Waals surface area contributed by atoms with Gasteiger partial charge in [-0.1, -0.05) is 24.3 Å². The van der Waals surface area contributed by atoms with Gasteiger partial charge in [0.15, 0.2) is 0 Å². The molecule has 0 aromatic heterocycles. The maximum Gasteiger partial charge on any atom is 0.220 e. The average molecular weight is 235 g/mol. The monoisotopic (exact) mass is 235 g/mol. The van der Waals surface area contributed by atoms with Gasteiger partial charge in [-0.15, -0.1) is 0 Å². The highest BCUT2D eigenvalue weighted by atomic mass is 16.5. The van der Waals surface area contributed by atoms with E-state index in [1.54, 1.807) is 7.11 Å². The van der Waals surface area contributed by atoms with Crippen LogP contribution in [-0.2, 0) is 16.0 Å². The number of hydrogen-bond acceptors (Lipinski definition) is 2. The molecule has 1 amide bonds. The van der Waals surface area contributed by atoms with Crippen LogP contribution in [0.25, 0.3) is 0 Å². The summed E-state index contributed by atoms with van der Waals surface area (Å²) in [5.41, 5.74) is 2.63. The van der Waals surface area contributed by atoms with E-state index < -0.39 is 0 Å². The van der Waals surface area contributed by atoms with Gasteiger partial charge in [0.2, 0.25) is 5.91 Å². The van der Waals surface area contributed by atoms with Gasteiger partial charge in [-0.25, -0.2) is 0 Å². The molecule has 17 heavy (non-hydrogen) atoms. The van der Waals surface area contributed by atoms with Crippen LogP contribution in [-0.4, -0.2) is 26.2 Å². The zero-order valence-electron chi connectivity index (χ0n) is 10.7. The second-order valence-corrected chi connectivity index (χ2v) is 4.12. The first-order valence-corrected chi connectivity index (χ1v) is 6.04. The van der Waals surface area contributed by atoms with Crippen molar-refractivity contribution in [2.75, 3.05) is 20.3 Å². The summed E-state index contributed by atoms with van der Waals surface area (Å²) in [5, 5.41) is 2.82. The quantitative estimate of drug-likeness (QED) is 0.735. The standard InChI is InChI=1S/C14H21NO2/c1-12-6-3-4-7-13(12)8-5-9-14(16)15-10-11-17-2/h3-4,6-7H,5,8-11H2,1-2H3,(H,15,16). The van der Waals surface area contributed by atoms with Gasteiger partial charge in [-0.05, 0) is 30.9 Å². The first kappa shape index (κ1) is 13.7. The van der Waals surface area contributed by atoms with Crippen molar-refractivity contribution in [3.8, 4) is 0 Å². The molecule has 0 saturated carbocycles. The average Bonchev–Trinajstić information content (AvgIpc) is 2.32. The minimum absolute atomic E-state index is 0.107. The van der Waals surface area contributed by atoms with Crippen molar-refractivity contribution in [1.29, 1.82) is 0 Å². The van der Waals surface area contributed by atoms with E-state index in [1.165, 1.54) is 11.1 Å². The van der Waals surface area contributed by atoms with Crippen LogP contribution in [0.2, 0.25) is 0 Å². The van der Waals surface area contributed by atoms with Crippen LogP contribution in [0.5, 0.6) is 0 Å². The number of methoxy groups -OCH3 is 1. The van der Waals surface area contributed by atoms with Crippen molar-refractivity contribution >= 4 is 5.91 Å². The van der Waals surface area contributed by atoms with E-state index in [0.29, 0.717) is 19.6 Å². The highest BCUT2D eigenvalue weighted by Crippen LogP contribution is 2.10. The SMILES string of the molecule is COCCNC(=O)CCCc1ccccc1C. The number of nitrogens with one attached hydrogen (secondary N) is 1. The van der Waals surface area contributed by atoms with Gasteiger partial charge >= 0.3 is 0 Å².